The van der Waals surface area contributed by atoms with Gasteiger partial charge < -0.3 is 0 Å². The molecular weight excluding hydrogens is 106 g/mol. The lowest BCUT2D eigenvalue weighted by molar-refractivity contribution is -0.403. The Morgan fingerprint density at radius 3 is 2.50 bits per heavy atom. The molecule has 0 aromatic rings. The normalized spacial score (nSPS) is 10.9. The van der Waals surface area contributed by atoms with Crippen LogP contribution < -0.4 is 0 Å². The predicted octanol–water partition coefficient (Wildman–Crippen LogP) is 1.35. The number of hydrogen-bond donors (Lipinski definition) is 0. The zero-order valence-electron chi connectivity index (χ0n) is 4.63. The summed E-state index contributed by atoms with van der Waals surface area (Å²) in [6, 6.07) is 0. The summed E-state index contributed by atoms with van der Waals surface area (Å²) < 4.78 is 0. The van der Waals surface area contributed by atoms with Gasteiger partial charge in [-0.1, -0.05) is 12.7 Å². The Bertz CT molecular complexity index is 137. The monoisotopic (exact) mass is 113 g/mol. The van der Waals surface area contributed by atoms with E-state index in [1.165, 1.54) is 6.08 Å². The molecule has 0 aliphatic rings. The molecule has 44 valence electrons. The molecule has 0 saturated carbocycles. The van der Waals surface area contributed by atoms with Gasteiger partial charge in [-0.3, -0.25) is 10.1 Å². The van der Waals surface area contributed by atoms with E-state index >= 15 is 0 Å². The van der Waals surface area contributed by atoms with Crippen LogP contribution in [0.4, 0.5) is 0 Å². The summed E-state index contributed by atoms with van der Waals surface area (Å²) in [5.74, 6) is 0. The van der Waals surface area contributed by atoms with Crippen molar-refractivity contribution in [1.82, 2.24) is 0 Å². The molecule has 0 aromatic heterocycles. The van der Waals surface area contributed by atoms with Gasteiger partial charge in [-0.05, 0) is 6.92 Å². The van der Waals surface area contributed by atoms with Crippen molar-refractivity contribution in [3.8, 4) is 0 Å². The van der Waals surface area contributed by atoms with Crippen LogP contribution >= 0.6 is 0 Å². The van der Waals surface area contributed by atoms with Crippen molar-refractivity contribution in [2.75, 3.05) is 0 Å². The van der Waals surface area contributed by atoms with Crippen LogP contribution in [0, 0.1) is 10.1 Å². The maximum atomic E-state index is 9.65. The predicted molar refractivity (Wildman–Crippen MR) is 30.9 cm³/mol. The van der Waals surface area contributed by atoms with Crippen LogP contribution in [0.1, 0.15) is 6.92 Å². The van der Waals surface area contributed by atoms with E-state index in [0.717, 1.165) is 6.20 Å². The average molecular weight is 113 g/mol. The van der Waals surface area contributed by atoms with E-state index in [4.69, 9.17) is 0 Å². The number of rotatable bonds is 2. The summed E-state index contributed by atoms with van der Waals surface area (Å²) in [5, 5.41) is 9.65. The van der Waals surface area contributed by atoms with Gasteiger partial charge in [-0.15, -0.1) is 0 Å². The zero-order chi connectivity index (χ0) is 6.57. The molecule has 0 rings (SSSR count). The molecule has 0 aromatic carbocycles. The third-order valence-electron chi connectivity index (χ3n) is 0.631. The molecule has 0 spiro atoms. The van der Waals surface area contributed by atoms with Gasteiger partial charge in [-0.25, -0.2) is 0 Å². The van der Waals surface area contributed by atoms with Gasteiger partial charge in [0.05, 0.1) is 4.92 Å². The van der Waals surface area contributed by atoms with Crippen molar-refractivity contribution in [3.63, 3.8) is 0 Å². The second kappa shape index (κ2) is 2.96. The third kappa shape index (κ3) is 3.08. The highest BCUT2D eigenvalue weighted by atomic mass is 16.6. The third-order valence-corrected chi connectivity index (χ3v) is 0.631. The molecule has 0 heterocycles. The van der Waals surface area contributed by atoms with Crippen LogP contribution in [0.2, 0.25) is 0 Å². The van der Waals surface area contributed by atoms with Crippen molar-refractivity contribution < 1.29 is 4.92 Å². The first-order chi connectivity index (χ1) is 3.66. The van der Waals surface area contributed by atoms with Crippen molar-refractivity contribution >= 4 is 0 Å². The van der Waals surface area contributed by atoms with Crippen LogP contribution in [0.5, 0.6) is 0 Å². The molecule has 0 aliphatic carbocycles. The highest BCUT2D eigenvalue weighted by Crippen LogP contribution is 1.90. The van der Waals surface area contributed by atoms with Gasteiger partial charge in [0, 0.05) is 5.57 Å². The Kier molecular flexibility index (Phi) is 2.54. The first-order valence-electron chi connectivity index (χ1n) is 2.11. The lowest BCUT2D eigenvalue weighted by atomic mass is 10.3. The topological polar surface area (TPSA) is 43.1 Å². The molecule has 0 atom stereocenters. The summed E-state index contributed by atoms with van der Waals surface area (Å²) in [6.45, 7) is 4.96. The molecule has 0 saturated heterocycles. The summed E-state index contributed by atoms with van der Waals surface area (Å²) in [7, 11) is 0. The van der Waals surface area contributed by atoms with Crippen LogP contribution in [-0.4, -0.2) is 4.92 Å². The van der Waals surface area contributed by atoms with Crippen molar-refractivity contribution in [3.05, 3.63) is 34.5 Å². The van der Waals surface area contributed by atoms with E-state index in [0.29, 0.717) is 5.57 Å². The Balaban J connectivity index is 3.94. The molecule has 3 heteroatoms. The minimum Gasteiger partial charge on any atom is -0.259 e. The first kappa shape index (κ1) is 6.88. The minimum atomic E-state index is -0.503. The Hall–Kier alpha value is -1.12. The minimum absolute atomic E-state index is 0.503. The largest absolute Gasteiger partial charge is 0.259 e. The molecule has 3 nitrogen and oxygen atoms in total. The molecule has 0 fully saturated rings. The fourth-order valence-corrected chi connectivity index (χ4v) is 0.219. The van der Waals surface area contributed by atoms with Gasteiger partial charge in [0.25, 0.3) is 0 Å². The van der Waals surface area contributed by atoms with Crippen LogP contribution in [0.3, 0.4) is 0 Å². The van der Waals surface area contributed by atoms with Crippen LogP contribution in [0.25, 0.3) is 0 Å². The van der Waals surface area contributed by atoms with Crippen molar-refractivity contribution in [2.24, 2.45) is 0 Å². The quantitative estimate of drug-likeness (QED) is 0.308. The van der Waals surface area contributed by atoms with Crippen LogP contribution in [0.15, 0.2) is 24.4 Å². The zero-order valence-corrected chi connectivity index (χ0v) is 4.63. The van der Waals surface area contributed by atoms with Gasteiger partial charge in [-0.2, -0.15) is 0 Å². The van der Waals surface area contributed by atoms with Crippen molar-refractivity contribution in [1.29, 1.82) is 0 Å². The lowest BCUT2D eigenvalue weighted by Crippen LogP contribution is -1.83. The van der Waals surface area contributed by atoms with Gasteiger partial charge >= 0.3 is 0 Å². The average Bonchev–Trinajstić information content (AvgIpc) is 1.65. The molecular formula is C5H7NO2. The maximum Gasteiger partial charge on any atom is 0.237 e. The Labute approximate surface area is 47.5 Å². The molecule has 0 aliphatic heterocycles. The number of allylic oxidation sites excluding steroid dienone is 2. The van der Waals surface area contributed by atoms with E-state index in [1.54, 1.807) is 6.92 Å². The van der Waals surface area contributed by atoms with E-state index in [1.807, 2.05) is 0 Å². The molecule has 0 amide bonds. The number of hydrogen-bond acceptors (Lipinski definition) is 2. The lowest BCUT2D eigenvalue weighted by Gasteiger charge is -1.80. The summed E-state index contributed by atoms with van der Waals surface area (Å²) in [6.07, 6.45) is 2.34. The molecule has 0 N–H and O–H groups in total. The van der Waals surface area contributed by atoms with Crippen molar-refractivity contribution in [2.45, 2.75) is 6.92 Å². The Morgan fingerprint density at radius 1 is 1.88 bits per heavy atom. The van der Waals surface area contributed by atoms with Crippen LogP contribution in [-0.2, 0) is 0 Å². The summed E-state index contributed by atoms with van der Waals surface area (Å²) in [4.78, 5) is 9.15. The highest BCUT2D eigenvalue weighted by molar-refractivity contribution is 5.08. The first-order valence-corrected chi connectivity index (χ1v) is 2.11. The van der Waals surface area contributed by atoms with E-state index in [-0.39, 0.29) is 0 Å². The maximum absolute atomic E-state index is 9.65. The summed E-state index contributed by atoms with van der Waals surface area (Å²) in [5.41, 5.74) is 0.565. The number of nitrogens with zero attached hydrogens (tertiary/aromatic N) is 1. The smallest absolute Gasteiger partial charge is 0.237 e. The molecule has 0 unspecified atom stereocenters. The second-order valence-corrected chi connectivity index (χ2v) is 1.36. The van der Waals surface area contributed by atoms with E-state index < -0.39 is 4.92 Å². The fraction of sp³-hybridized carbons (Fsp3) is 0.200. The molecule has 0 radical (unpaired) electrons. The summed E-state index contributed by atoms with van der Waals surface area (Å²) >= 11 is 0. The van der Waals surface area contributed by atoms with Gasteiger partial charge in [0.1, 0.15) is 0 Å². The Morgan fingerprint density at radius 2 is 2.38 bits per heavy atom. The van der Waals surface area contributed by atoms with E-state index in [2.05, 4.69) is 6.58 Å². The number of nitro groups is 1. The van der Waals surface area contributed by atoms with Gasteiger partial charge in [0.15, 0.2) is 0 Å². The highest BCUT2D eigenvalue weighted by Gasteiger charge is 1.86. The molecule has 0 bridgehead atoms. The SMILES string of the molecule is C=C/C(C)=C/[N+](=O)[O-]. The standard InChI is InChI=1S/C5H7NO2/c1-3-5(2)4-6(7)8/h3-4H,1H2,2H3/b5-4+. The second-order valence-electron chi connectivity index (χ2n) is 1.36. The van der Waals surface area contributed by atoms with Gasteiger partial charge in [0.2, 0.25) is 6.20 Å². The molecule has 8 heavy (non-hydrogen) atoms. The van der Waals surface area contributed by atoms with E-state index in [9.17, 15) is 10.1 Å². The fourth-order valence-electron chi connectivity index (χ4n) is 0.219.